The van der Waals surface area contributed by atoms with Crippen molar-refractivity contribution in [3.05, 3.63) is 122 Å². The Hall–Kier alpha value is -6.56. The van der Waals surface area contributed by atoms with Gasteiger partial charge in [-0.05, 0) is 92.5 Å². The maximum Gasteiger partial charge on any atom is 0.308 e. The number of aliphatic hydroxyl groups excluding tert-OH is 1. The number of thiazole rings is 1. The molecule has 0 spiro atoms. The molecular formula is C52H58N8O7S2. The molecule has 17 heteroatoms. The molecule has 3 aromatic heterocycles. The number of methoxy groups -OCH3 is 1. The number of fused-ring (bicyclic) bond motifs is 3. The van der Waals surface area contributed by atoms with Gasteiger partial charge in [-0.25, -0.2) is 4.98 Å². The summed E-state index contributed by atoms with van der Waals surface area (Å²) in [6.45, 7) is 17.0. The molecule has 2 aliphatic rings. The number of aliphatic imine (C=N–C) groups is 1. The number of hydrogen-bond acceptors (Lipinski definition) is 13. The van der Waals surface area contributed by atoms with Crippen molar-refractivity contribution in [1.82, 2.24) is 35.3 Å². The van der Waals surface area contributed by atoms with Gasteiger partial charge < -0.3 is 30.1 Å². The van der Waals surface area contributed by atoms with E-state index in [0.29, 0.717) is 17.4 Å². The van der Waals surface area contributed by atoms with Gasteiger partial charge >= 0.3 is 5.97 Å². The van der Waals surface area contributed by atoms with Crippen molar-refractivity contribution >= 4 is 52.1 Å². The Morgan fingerprint density at radius 2 is 1.61 bits per heavy atom. The van der Waals surface area contributed by atoms with Crippen LogP contribution in [0.15, 0.2) is 77.2 Å². The number of benzene rings is 3. The van der Waals surface area contributed by atoms with E-state index in [2.05, 4.69) is 39.7 Å². The Morgan fingerprint density at radius 3 is 2.26 bits per heavy atom. The van der Waals surface area contributed by atoms with Crippen molar-refractivity contribution < 1.29 is 33.8 Å². The monoisotopic (exact) mass is 970 g/mol. The van der Waals surface area contributed by atoms with Crippen molar-refractivity contribution in [2.24, 2.45) is 10.4 Å². The molecule has 15 nitrogen and oxygen atoms in total. The van der Waals surface area contributed by atoms with E-state index >= 15 is 0 Å². The van der Waals surface area contributed by atoms with Crippen molar-refractivity contribution in [2.45, 2.75) is 105 Å². The van der Waals surface area contributed by atoms with Crippen LogP contribution in [-0.2, 0) is 23.9 Å². The number of β-amino-alcohol motifs (C(OH)–C–C–N with tert-alkyl or cyclic N) is 1. The highest BCUT2D eigenvalue weighted by Crippen LogP contribution is 2.40. The number of thiophene rings is 1. The number of likely N-dealkylation sites (tertiary alicyclic amines) is 1. The minimum absolute atomic E-state index is 0.0179. The molecule has 0 radical (unpaired) electrons. The number of carbonyl (C=O) groups excluding carboxylic acids is 4. The number of hydrogen-bond donors (Lipinski definition) is 3. The van der Waals surface area contributed by atoms with E-state index in [-0.39, 0.29) is 43.9 Å². The smallest absolute Gasteiger partial charge is 0.308 e. The zero-order valence-corrected chi connectivity index (χ0v) is 42.2. The van der Waals surface area contributed by atoms with Crippen LogP contribution in [0.4, 0.5) is 0 Å². The van der Waals surface area contributed by atoms with Crippen LogP contribution in [0.1, 0.15) is 103 Å². The maximum absolute atomic E-state index is 14.3. The molecular weight excluding hydrogens is 913 g/mol. The summed E-state index contributed by atoms with van der Waals surface area (Å²) < 4.78 is 13.0. The van der Waals surface area contributed by atoms with Gasteiger partial charge in [0.15, 0.2) is 12.4 Å². The number of amides is 3. The standard InChI is InChI=1S/C52H58N8O7S2/c1-27-21-38(19-20-39(27)34-13-15-35(16-14-34)45-44-28(2)31(5)69-51(44)60-32(6)57-58-48(60)40(55-45)23-43(63)66-10)67-25-42(62)56-47(52(7,8)9)50(65)59-24-37(61)22-41(59)49(64)54-29(3)33-11-17-36(18-12-33)46-30(4)53-26-68-46/h11-21,26,29,37,40-41,47,61H,22-25H2,1-10H3,(H,54,64)(H,56,62)/t29?,37-,40+,41+,47?/m1/s1. The number of nitrogens with one attached hydrogen (secondary N) is 2. The molecule has 3 amide bonds. The third-order valence-electron chi connectivity index (χ3n) is 12.9. The summed E-state index contributed by atoms with van der Waals surface area (Å²) in [5, 5.41) is 26.4. The van der Waals surface area contributed by atoms with Crippen LogP contribution in [0.25, 0.3) is 26.6 Å². The lowest BCUT2D eigenvalue weighted by Gasteiger charge is -2.35. The molecule has 360 valence electrons. The molecule has 8 rings (SSSR count). The highest BCUT2D eigenvalue weighted by molar-refractivity contribution is 7.15. The minimum Gasteiger partial charge on any atom is -0.484 e. The third kappa shape index (κ3) is 10.1. The van der Waals surface area contributed by atoms with E-state index in [1.807, 2.05) is 119 Å². The minimum atomic E-state index is -1.01. The SMILES string of the molecule is COC(=O)C[C@@H]1N=C(c2ccc(-c3ccc(OCC(=O)NC(C(=O)N4C[C@H](O)C[C@H]4C(=O)NC(C)c4ccc(-c5scnc5C)cc4)C(C)(C)C)cc3C)cc2)c2c(sc(C)c2C)-n2c(C)nnc21. The number of aliphatic hydroxyl groups is 1. The van der Waals surface area contributed by atoms with Crippen LogP contribution in [0.2, 0.25) is 0 Å². The lowest BCUT2D eigenvalue weighted by molar-refractivity contribution is -0.144. The summed E-state index contributed by atoms with van der Waals surface area (Å²) >= 11 is 3.22. The number of esters is 1. The second-order valence-electron chi connectivity index (χ2n) is 18.9. The molecule has 69 heavy (non-hydrogen) atoms. The Kier molecular flexibility index (Phi) is 14.0. The molecule has 0 bridgehead atoms. The van der Waals surface area contributed by atoms with E-state index in [4.69, 9.17) is 14.5 Å². The summed E-state index contributed by atoms with van der Waals surface area (Å²) in [6.07, 6.45) is -0.800. The summed E-state index contributed by atoms with van der Waals surface area (Å²) in [5.41, 5.74) is 10.6. The van der Waals surface area contributed by atoms with Crippen molar-refractivity contribution in [3.63, 3.8) is 0 Å². The fourth-order valence-corrected chi connectivity index (χ4v) is 11.0. The zero-order chi connectivity index (χ0) is 49.5. The summed E-state index contributed by atoms with van der Waals surface area (Å²) in [4.78, 5) is 67.3. The van der Waals surface area contributed by atoms with Gasteiger partial charge in [-0.2, -0.15) is 0 Å². The van der Waals surface area contributed by atoms with E-state index in [0.717, 1.165) is 70.7 Å². The van der Waals surface area contributed by atoms with Gasteiger partial charge in [-0.15, -0.1) is 32.9 Å². The first-order chi connectivity index (χ1) is 32.8. The Balaban J connectivity index is 0.920. The Labute approximate surface area is 410 Å². The van der Waals surface area contributed by atoms with E-state index in [1.165, 1.54) is 12.0 Å². The number of carbonyl (C=O) groups is 4. The van der Waals surface area contributed by atoms with E-state index < -0.39 is 41.5 Å². The average Bonchev–Trinajstić information content (AvgIpc) is 4.09. The highest BCUT2D eigenvalue weighted by Gasteiger charge is 2.45. The summed E-state index contributed by atoms with van der Waals surface area (Å²) in [5.74, 6) is 0.0546. The molecule has 0 saturated carbocycles. The second-order valence-corrected chi connectivity index (χ2v) is 21.0. The van der Waals surface area contributed by atoms with Crippen molar-refractivity contribution in [1.29, 1.82) is 0 Å². The Bertz CT molecular complexity index is 2950. The molecule has 0 aliphatic carbocycles. The first-order valence-electron chi connectivity index (χ1n) is 22.9. The number of aryl methyl sites for hydroxylation is 4. The van der Waals surface area contributed by atoms with Gasteiger partial charge in [-0.3, -0.25) is 28.7 Å². The van der Waals surface area contributed by atoms with Crippen molar-refractivity contribution in [3.8, 4) is 32.3 Å². The van der Waals surface area contributed by atoms with Crippen LogP contribution < -0.4 is 15.4 Å². The largest absolute Gasteiger partial charge is 0.484 e. The third-order valence-corrected chi connectivity index (χ3v) is 15.1. The van der Waals surface area contributed by atoms with Gasteiger partial charge in [0, 0.05) is 29.0 Å². The molecule has 2 unspecified atom stereocenters. The molecule has 1 fully saturated rings. The fourth-order valence-electron chi connectivity index (χ4n) is 8.99. The molecule has 3 aromatic carbocycles. The van der Waals surface area contributed by atoms with Gasteiger partial charge in [0.1, 0.15) is 34.7 Å². The fraction of sp³-hybridized carbons (Fsp3) is 0.385. The van der Waals surface area contributed by atoms with Crippen LogP contribution in [0.3, 0.4) is 0 Å². The Morgan fingerprint density at radius 1 is 0.913 bits per heavy atom. The van der Waals surface area contributed by atoms with Crippen LogP contribution in [0, 0.1) is 40.0 Å². The average molecular weight is 971 g/mol. The molecule has 5 atom stereocenters. The molecule has 5 heterocycles. The van der Waals surface area contributed by atoms with E-state index in [1.54, 1.807) is 28.7 Å². The molecule has 2 aliphatic heterocycles. The number of rotatable bonds is 13. The number of aromatic nitrogens is 4. The molecule has 1 saturated heterocycles. The van der Waals surface area contributed by atoms with Crippen LogP contribution >= 0.6 is 22.7 Å². The topological polar surface area (TPSA) is 190 Å². The lowest BCUT2D eigenvalue weighted by atomic mass is 9.85. The lowest BCUT2D eigenvalue weighted by Crippen LogP contribution is -2.58. The zero-order valence-electron chi connectivity index (χ0n) is 40.5. The van der Waals surface area contributed by atoms with Gasteiger partial charge in [-0.1, -0.05) is 75.4 Å². The summed E-state index contributed by atoms with van der Waals surface area (Å²) in [6, 6.07) is 18.8. The number of nitrogens with zero attached hydrogens (tertiary/aromatic N) is 6. The number of ether oxygens (including phenoxy) is 2. The van der Waals surface area contributed by atoms with Crippen LogP contribution in [0.5, 0.6) is 5.75 Å². The maximum atomic E-state index is 14.3. The van der Waals surface area contributed by atoms with Crippen LogP contribution in [-0.4, -0.2) is 97.6 Å². The first kappa shape index (κ1) is 48.9. The van der Waals surface area contributed by atoms with E-state index in [9.17, 15) is 24.3 Å². The molecule has 3 N–H and O–H groups in total. The normalized spacial score (nSPS) is 17.5. The van der Waals surface area contributed by atoms with Gasteiger partial charge in [0.2, 0.25) is 11.8 Å². The highest BCUT2D eigenvalue weighted by atomic mass is 32.1. The first-order valence-corrected chi connectivity index (χ1v) is 24.6. The second kappa shape index (κ2) is 19.8. The van der Waals surface area contributed by atoms with Gasteiger partial charge in [0.05, 0.1) is 47.5 Å². The predicted octanol–water partition coefficient (Wildman–Crippen LogP) is 7.87. The predicted molar refractivity (Wildman–Crippen MR) is 267 cm³/mol. The quantitative estimate of drug-likeness (QED) is 0.0961. The molecule has 6 aromatic rings. The van der Waals surface area contributed by atoms with Gasteiger partial charge in [0.25, 0.3) is 5.91 Å². The summed E-state index contributed by atoms with van der Waals surface area (Å²) in [7, 11) is 1.37. The van der Waals surface area contributed by atoms with Crippen molar-refractivity contribution in [2.75, 3.05) is 20.3 Å².